The molecule has 252 valence electrons. The van der Waals surface area contributed by atoms with Gasteiger partial charge in [0, 0.05) is 25.4 Å². The fourth-order valence-electron chi connectivity index (χ4n) is 9.65. The molecule has 1 amide bonds. The highest BCUT2D eigenvalue weighted by atomic mass is 19.1. The average molecular weight is 640 g/mol. The molecular weight excluding hydrogens is 585 g/mol. The highest BCUT2D eigenvalue weighted by molar-refractivity contribution is 5.76. The SMILES string of the molecule is C[C@]12C[C@H](F)C3c4ccc(O)cc4C[C@@H](CCCCCN(CCCc4ccccc4)C(=O)CCCc4ccccc4)C3C1CC[C@@H]2O. The molecule has 3 aromatic carbocycles. The minimum atomic E-state index is -0.975. The largest absolute Gasteiger partial charge is 0.508 e. The van der Waals surface area contributed by atoms with E-state index in [2.05, 4.69) is 60.4 Å². The van der Waals surface area contributed by atoms with Crippen molar-refractivity contribution in [2.24, 2.45) is 23.2 Å². The highest BCUT2D eigenvalue weighted by Gasteiger charge is 2.59. The van der Waals surface area contributed by atoms with Gasteiger partial charge in [0.25, 0.3) is 0 Å². The fraction of sp³-hybridized carbons (Fsp3) is 0.548. The van der Waals surface area contributed by atoms with Crippen LogP contribution in [0.25, 0.3) is 0 Å². The van der Waals surface area contributed by atoms with Gasteiger partial charge in [0.1, 0.15) is 11.9 Å². The average Bonchev–Trinajstić information content (AvgIpc) is 3.37. The molecule has 2 fully saturated rings. The van der Waals surface area contributed by atoms with Crippen LogP contribution in [0.1, 0.15) is 99.3 Å². The lowest BCUT2D eigenvalue weighted by Gasteiger charge is -2.54. The van der Waals surface area contributed by atoms with Crippen molar-refractivity contribution >= 4 is 5.91 Å². The maximum atomic E-state index is 16.1. The maximum absolute atomic E-state index is 16.1. The number of aliphatic hydroxyl groups is 1. The summed E-state index contributed by atoms with van der Waals surface area (Å²) in [6, 6.07) is 26.5. The van der Waals surface area contributed by atoms with Crippen LogP contribution >= 0.6 is 0 Å². The number of benzene rings is 3. The summed E-state index contributed by atoms with van der Waals surface area (Å²) < 4.78 is 16.1. The van der Waals surface area contributed by atoms with Gasteiger partial charge in [-0.25, -0.2) is 4.39 Å². The summed E-state index contributed by atoms with van der Waals surface area (Å²) >= 11 is 0. The van der Waals surface area contributed by atoms with Crippen LogP contribution in [0.15, 0.2) is 78.9 Å². The van der Waals surface area contributed by atoms with Crippen LogP contribution < -0.4 is 0 Å². The molecule has 0 bridgehead atoms. The van der Waals surface area contributed by atoms with Crippen LogP contribution in [-0.2, 0) is 24.1 Å². The van der Waals surface area contributed by atoms with Crippen molar-refractivity contribution in [3.05, 3.63) is 101 Å². The van der Waals surface area contributed by atoms with Crippen molar-refractivity contribution in [2.45, 2.75) is 109 Å². The minimum absolute atomic E-state index is 0.152. The molecule has 4 nitrogen and oxygen atoms in total. The lowest BCUT2D eigenvalue weighted by atomic mass is 9.51. The zero-order valence-electron chi connectivity index (χ0n) is 28.2. The van der Waals surface area contributed by atoms with E-state index < -0.39 is 12.3 Å². The van der Waals surface area contributed by atoms with Crippen molar-refractivity contribution < 1.29 is 19.4 Å². The Kier molecular flexibility index (Phi) is 11.0. The maximum Gasteiger partial charge on any atom is 0.222 e. The standard InChI is InChI=1S/C42H54FNO3/c1-42-29-37(43)41-35-22-21-34(45)28-33(35)27-32(40(41)36(42)23-24-38(42)46)19-9-4-10-25-44(26-12-18-31-15-7-3-8-16-31)39(47)20-11-17-30-13-5-2-6-14-30/h2-3,5-8,13-16,21-22,28,32,36-38,40-41,45-46H,4,9-12,17-20,23-27,29H2,1H3/t32-,36?,37+,38+,40?,41?,42+/m1/s1. The number of aryl methyl sites for hydroxylation is 2. The van der Waals surface area contributed by atoms with E-state index >= 15 is 4.39 Å². The van der Waals surface area contributed by atoms with Crippen molar-refractivity contribution in [1.29, 1.82) is 0 Å². The molecule has 3 unspecified atom stereocenters. The summed E-state index contributed by atoms with van der Waals surface area (Å²) in [6.07, 6.45) is 10.0. The summed E-state index contributed by atoms with van der Waals surface area (Å²) in [4.78, 5) is 15.5. The molecule has 3 aliphatic carbocycles. The predicted molar refractivity (Wildman–Crippen MR) is 187 cm³/mol. The van der Waals surface area contributed by atoms with Crippen LogP contribution in [-0.4, -0.2) is 46.4 Å². The zero-order chi connectivity index (χ0) is 32.8. The summed E-state index contributed by atoms with van der Waals surface area (Å²) in [5.41, 5.74) is 4.43. The number of aromatic hydroxyl groups is 1. The van der Waals surface area contributed by atoms with Crippen molar-refractivity contribution in [1.82, 2.24) is 4.90 Å². The van der Waals surface area contributed by atoms with Gasteiger partial charge >= 0.3 is 0 Å². The van der Waals surface area contributed by atoms with Gasteiger partial charge in [-0.05, 0) is 122 Å². The molecule has 0 aliphatic heterocycles. The topological polar surface area (TPSA) is 60.8 Å². The third-order valence-electron chi connectivity index (χ3n) is 12.1. The molecule has 0 saturated heterocycles. The molecule has 7 atom stereocenters. The number of fused-ring (bicyclic) bond motifs is 5. The lowest BCUT2D eigenvalue weighted by Crippen LogP contribution is -2.51. The molecule has 3 aromatic rings. The highest BCUT2D eigenvalue weighted by Crippen LogP contribution is 2.63. The molecule has 0 radical (unpaired) electrons. The number of alkyl halides is 1. The Labute approximate surface area is 281 Å². The number of hydrogen-bond donors (Lipinski definition) is 2. The molecule has 3 aliphatic rings. The third kappa shape index (κ3) is 7.77. The summed E-state index contributed by atoms with van der Waals surface area (Å²) in [6.45, 7) is 3.70. The van der Waals surface area contributed by atoms with Gasteiger partial charge in [0.2, 0.25) is 5.91 Å². The van der Waals surface area contributed by atoms with Gasteiger partial charge < -0.3 is 15.1 Å². The van der Waals surface area contributed by atoms with Crippen molar-refractivity contribution in [2.75, 3.05) is 13.1 Å². The Morgan fingerprint density at radius 2 is 1.55 bits per heavy atom. The molecule has 6 rings (SSSR count). The molecule has 47 heavy (non-hydrogen) atoms. The molecule has 0 heterocycles. The first-order valence-electron chi connectivity index (χ1n) is 18.3. The normalized spacial score (nSPS) is 27.9. The van der Waals surface area contributed by atoms with E-state index in [1.54, 1.807) is 6.07 Å². The number of unbranched alkanes of at least 4 members (excludes halogenated alkanes) is 2. The molecule has 2 N–H and O–H groups in total. The van der Waals surface area contributed by atoms with E-state index in [0.29, 0.717) is 24.7 Å². The van der Waals surface area contributed by atoms with E-state index in [1.807, 2.05) is 24.3 Å². The number of phenolic OH excluding ortho intramolecular Hbond substituents is 1. The van der Waals surface area contributed by atoms with Gasteiger partial charge in [-0.1, -0.05) is 86.5 Å². The quantitative estimate of drug-likeness (QED) is 0.173. The number of amides is 1. The summed E-state index contributed by atoms with van der Waals surface area (Å²) in [7, 11) is 0. The molecule has 0 spiro atoms. The van der Waals surface area contributed by atoms with E-state index in [9.17, 15) is 15.0 Å². The molecule has 0 aromatic heterocycles. The first kappa shape index (κ1) is 33.7. The van der Waals surface area contributed by atoms with Crippen LogP contribution in [0.4, 0.5) is 4.39 Å². The van der Waals surface area contributed by atoms with Crippen LogP contribution in [0.3, 0.4) is 0 Å². The number of halogens is 1. The van der Waals surface area contributed by atoms with Crippen LogP contribution in [0.5, 0.6) is 5.75 Å². The summed E-state index contributed by atoms with van der Waals surface area (Å²) in [5.74, 6) is 1.25. The summed E-state index contributed by atoms with van der Waals surface area (Å²) in [5, 5.41) is 21.2. The predicted octanol–water partition coefficient (Wildman–Crippen LogP) is 8.83. The van der Waals surface area contributed by atoms with Crippen LogP contribution in [0.2, 0.25) is 0 Å². The number of aliphatic hydroxyl groups excluding tert-OH is 1. The number of carbonyl (C=O) groups excluding carboxylic acids is 1. The molecule has 5 heteroatoms. The van der Waals surface area contributed by atoms with Gasteiger partial charge in [-0.15, -0.1) is 0 Å². The molecule has 2 saturated carbocycles. The smallest absolute Gasteiger partial charge is 0.222 e. The zero-order valence-corrected chi connectivity index (χ0v) is 28.2. The number of rotatable bonds is 14. The minimum Gasteiger partial charge on any atom is -0.508 e. The Hall–Kier alpha value is -3.18. The van der Waals surface area contributed by atoms with Gasteiger partial charge in [-0.2, -0.15) is 0 Å². The monoisotopic (exact) mass is 639 g/mol. The number of hydrogen-bond acceptors (Lipinski definition) is 3. The van der Waals surface area contributed by atoms with Crippen LogP contribution in [0, 0.1) is 23.2 Å². The van der Waals surface area contributed by atoms with Gasteiger partial charge in [-0.3, -0.25) is 4.79 Å². The second-order valence-electron chi connectivity index (χ2n) is 15.0. The Morgan fingerprint density at radius 1 is 0.872 bits per heavy atom. The number of nitrogens with zero attached hydrogens (tertiary/aromatic N) is 1. The van der Waals surface area contributed by atoms with E-state index in [0.717, 1.165) is 94.8 Å². The number of carbonyl (C=O) groups is 1. The second-order valence-corrected chi connectivity index (χ2v) is 15.0. The Morgan fingerprint density at radius 3 is 2.28 bits per heavy atom. The van der Waals surface area contributed by atoms with E-state index in [1.165, 1.54) is 11.1 Å². The Balaban J connectivity index is 1.06. The first-order valence-corrected chi connectivity index (χ1v) is 18.3. The fourth-order valence-corrected chi connectivity index (χ4v) is 9.65. The van der Waals surface area contributed by atoms with Crippen molar-refractivity contribution in [3.63, 3.8) is 0 Å². The second kappa shape index (κ2) is 15.4. The molecular formula is C42H54FNO3. The van der Waals surface area contributed by atoms with Gasteiger partial charge in [0.05, 0.1) is 6.10 Å². The van der Waals surface area contributed by atoms with Gasteiger partial charge in [0.15, 0.2) is 0 Å². The first-order chi connectivity index (χ1) is 22.8. The number of phenols is 1. The van der Waals surface area contributed by atoms with E-state index in [4.69, 9.17) is 0 Å². The third-order valence-corrected chi connectivity index (χ3v) is 12.1. The van der Waals surface area contributed by atoms with E-state index in [-0.39, 0.29) is 28.9 Å². The van der Waals surface area contributed by atoms with Crippen molar-refractivity contribution in [3.8, 4) is 5.75 Å². The Bertz CT molecular complexity index is 1450. The lowest BCUT2D eigenvalue weighted by molar-refractivity contribution is -0.131.